The molecule has 0 aliphatic rings. The molecule has 2 N–H and O–H groups in total. The van der Waals surface area contributed by atoms with Crippen LogP contribution in [0.1, 0.15) is 5.56 Å². The number of hydrogen-bond acceptors (Lipinski definition) is 3. The highest BCUT2D eigenvalue weighted by molar-refractivity contribution is 5.79. The van der Waals surface area contributed by atoms with Gasteiger partial charge in [0.2, 0.25) is 0 Å². The van der Waals surface area contributed by atoms with Crippen molar-refractivity contribution in [1.29, 1.82) is 0 Å². The Balaban J connectivity index is 2.31. The van der Waals surface area contributed by atoms with E-state index in [-0.39, 0.29) is 6.61 Å². The van der Waals surface area contributed by atoms with Gasteiger partial charge in [-0.1, -0.05) is 30.3 Å². The highest BCUT2D eigenvalue weighted by atomic mass is 19.1. The third-order valence-electron chi connectivity index (χ3n) is 1.52. The summed E-state index contributed by atoms with van der Waals surface area (Å²) in [5.74, 6) is -0.746. The number of carbonyl (C=O) groups is 1. The minimum Gasteiger partial charge on any atom is -0.460 e. The molecule has 0 saturated carbocycles. The van der Waals surface area contributed by atoms with Crippen LogP contribution < -0.4 is 5.73 Å². The molecule has 0 bridgehead atoms. The van der Waals surface area contributed by atoms with Gasteiger partial charge >= 0.3 is 5.97 Å². The first-order valence-corrected chi connectivity index (χ1v) is 4.13. The van der Waals surface area contributed by atoms with Gasteiger partial charge < -0.3 is 10.5 Å². The van der Waals surface area contributed by atoms with E-state index in [0.717, 1.165) is 5.56 Å². The first-order chi connectivity index (χ1) is 6.68. The third-order valence-corrected chi connectivity index (χ3v) is 1.52. The van der Waals surface area contributed by atoms with Crippen molar-refractivity contribution in [2.45, 2.75) is 12.9 Å². The molecule has 3 nitrogen and oxygen atoms in total. The van der Waals surface area contributed by atoms with Gasteiger partial charge in [0.15, 0.2) is 6.30 Å². The van der Waals surface area contributed by atoms with Crippen molar-refractivity contribution in [2.24, 2.45) is 5.73 Å². The van der Waals surface area contributed by atoms with E-state index in [1.54, 1.807) is 0 Å². The lowest BCUT2D eigenvalue weighted by Crippen LogP contribution is -2.20. The first kappa shape index (κ1) is 10.7. The molecule has 1 unspecified atom stereocenters. The Bertz CT molecular complexity index is 287. The number of carbonyl (C=O) groups excluding carboxylic acids is 1. The lowest BCUT2D eigenvalue weighted by molar-refractivity contribution is -0.141. The predicted octanol–water partition coefficient (Wildman–Crippen LogP) is 1.19. The highest BCUT2D eigenvalue weighted by Gasteiger charge is 2.09. The molecule has 0 amide bonds. The topological polar surface area (TPSA) is 52.3 Å². The van der Waals surface area contributed by atoms with Crippen LogP contribution >= 0.6 is 0 Å². The Morgan fingerprint density at radius 1 is 1.50 bits per heavy atom. The molecule has 1 atom stereocenters. The van der Waals surface area contributed by atoms with Gasteiger partial charge in [0.1, 0.15) is 13.0 Å². The molecule has 0 saturated heterocycles. The van der Waals surface area contributed by atoms with Gasteiger partial charge in [0.05, 0.1) is 0 Å². The molecule has 0 aromatic heterocycles. The quantitative estimate of drug-likeness (QED) is 0.581. The zero-order chi connectivity index (χ0) is 10.4. The molecule has 14 heavy (non-hydrogen) atoms. The van der Waals surface area contributed by atoms with Crippen LogP contribution in [0.5, 0.6) is 0 Å². The van der Waals surface area contributed by atoms with Crippen LogP contribution in [0, 0.1) is 6.42 Å². The van der Waals surface area contributed by atoms with Crippen molar-refractivity contribution in [3.63, 3.8) is 0 Å². The summed E-state index contributed by atoms with van der Waals surface area (Å²) in [5.41, 5.74) is 5.59. The van der Waals surface area contributed by atoms with Crippen LogP contribution in [-0.4, -0.2) is 12.3 Å². The number of nitrogens with two attached hydrogens (primary N) is 1. The van der Waals surface area contributed by atoms with Gasteiger partial charge in [-0.25, -0.2) is 4.39 Å². The summed E-state index contributed by atoms with van der Waals surface area (Å²) in [4.78, 5) is 10.8. The Kier molecular flexibility index (Phi) is 4.07. The predicted molar refractivity (Wildman–Crippen MR) is 49.6 cm³/mol. The van der Waals surface area contributed by atoms with E-state index in [0.29, 0.717) is 6.42 Å². The van der Waals surface area contributed by atoms with E-state index in [1.165, 1.54) is 0 Å². The first-order valence-electron chi connectivity index (χ1n) is 4.13. The van der Waals surface area contributed by atoms with Gasteiger partial charge in [-0.2, -0.15) is 0 Å². The van der Waals surface area contributed by atoms with Crippen LogP contribution in [0.25, 0.3) is 0 Å². The van der Waals surface area contributed by atoms with Crippen LogP contribution in [0.4, 0.5) is 4.39 Å². The number of alkyl halides is 1. The minimum absolute atomic E-state index is 0.128. The van der Waals surface area contributed by atoms with Gasteiger partial charge in [-0.05, 0) is 5.56 Å². The molecule has 4 heteroatoms. The van der Waals surface area contributed by atoms with Crippen LogP contribution in [0.2, 0.25) is 0 Å². The number of hydrogen-bond donors (Lipinski definition) is 1. The standard InChI is InChI=1S/C10H11FNO2/c11-9(12)6-10(13)14-7-8-4-2-1-3-5-8/h1-6,9H,7,12H2. The summed E-state index contributed by atoms with van der Waals surface area (Å²) in [7, 11) is 0. The van der Waals surface area contributed by atoms with Crippen molar-refractivity contribution >= 4 is 5.97 Å². The van der Waals surface area contributed by atoms with E-state index in [1.807, 2.05) is 30.3 Å². The lowest BCUT2D eigenvalue weighted by Gasteiger charge is -2.04. The molecule has 75 valence electrons. The SMILES string of the molecule is NC(F)[CH]C(=O)OCc1ccccc1. The molecule has 1 rings (SSSR count). The number of halogens is 1. The van der Waals surface area contributed by atoms with E-state index in [2.05, 4.69) is 0 Å². The van der Waals surface area contributed by atoms with E-state index in [4.69, 9.17) is 10.5 Å². The number of rotatable bonds is 4. The lowest BCUT2D eigenvalue weighted by atomic mass is 10.2. The third kappa shape index (κ3) is 4.00. The van der Waals surface area contributed by atoms with Crippen LogP contribution in [0.15, 0.2) is 30.3 Å². The molecule has 1 radical (unpaired) electrons. The second kappa shape index (κ2) is 5.34. The van der Waals surface area contributed by atoms with E-state index >= 15 is 0 Å². The molecule has 0 heterocycles. The summed E-state index contributed by atoms with van der Waals surface area (Å²) >= 11 is 0. The van der Waals surface area contributed by atoms with Crippen LogP contribution in [-0.2, 0) is 16.1 Å². The molecule has 0 aliphatic carbocycles. The van der Waals surface area contributed by atoms with Crippen molar-refractivity contribution < 1.29 is 13.9 Å². The highest BCUT2D eigenvalue weighted by Crippen LogP contribution is 2.01. The number of ether oxygens (including phenoxy) is 1. The fourth-order valence-corrected chi connectivity index (χ4v) is 0.907. The molecule has 0 aliphatic heterocycles. The Hall–Kier alpha value is -1.42. The normalized spacial score (nSPS) is 12.1. The Morgan fingerprint density at radius 2 is 2.14 bits per heavy atom. The summed E-state index contributed by atoms with van der Waals surface area (Å²) in [5, 5.41) is 0. The number of benzene rings is 1. The van der Waals surface area contributed by atoms with E-state index < -0.39 is 12.3 Å². The van der Waals surface area contributed by atoms with Gasteiger partial charge in [-0.15, -0.1) is 0 Å². The van der Waals surface area contributed by atoms with Gasteiger partial charge in [0.25, 0.3) is 0 Å². The summed E-state index contributed by atoms with van der Waals surface area (Å²) in [6, 6.07) is 9.13. The fourth-order valence-electron chi connectivity index (χ4n) is 0.907. The molecule has 0 fully saturated rings. The maximum Gasteiger partial charge on any atom is 0.314 e. The van der Waals surface area contributed by atoms with Crippen molar-refractivity contribution in [3.05, 3.63) is 42.3 Å². The monoisotopic (exact) mass is 196 g/mol. The van der Waals surface area contributed by atoms with Crippen molar-refractivity contribution in [2.75, 3.05) is 0 Å². The number of esters is 1. The second-order valence-corrected chi connectivity index (χ2v) is 2.70. The minimum atomic E-state index is -1.77. The van der Waals surface area contributed by atoms with Crippen molar-refractivity contribution in [1.82, 2.24) is 0 Å². The molecular weight excluding hydrogens is 185 g/mol. The molecule has 1 aromatic carbocycles. The second-order valence-electron chi connectivity index (χ2n) is 2.70. The van der Waals surface area contributed by atoms with Crippen LogP contribution in [0.3, 0.4) is 0 Å². The smallest absolute Gasteiger partial charge is 0.314 e. The maximum atomic E-state index is 12.1. The molecule has 0 spiro atoms. The average Bonchev–Trinajstić information content (AvgIpc) is 2.15. The Labute approximate surface area is 81.7 Å². The largest absolute Gasteiger partial charge is 0.460 e. The zero-order valence-electron chi connectivity index (χ0n) is 7.52. The van der Waals surface area contributed by atoms with Gasteiger partial charge in [-0.3, -0.25) is 4.79 Å². The molecule has 1 aromatic rings. The van der Waals surface area contributed by atoms with Gasteiger partial charge in [0, 0.05) is 0 Å². The Morgan fingerprint density at radius 3 is 2.71 bits per heavy atom. The summed E-state index contributed by atoms with van der Waals surface area (Å²) in [6.45, 7) is 0.128. The average molecular weight is 196 g/mol. The van der Waals surface area contributed by atoms with E-state index in [9.17, 15) is 9.18 Å². The zero-order valence-corrected chi connectivity index (χ0v) is 7.52. The summed E-state index contributed by atoms with van der Waals surface area (Å²) in [6.07, 6.45) is -1.08. The summed E-state index contributed by atoms with van der Waals surface area (Å²) < 4.78 is 16.8. The maximum absolute atomic E-state index is 12.1. The van der Waals surface area contributed by atoms with Crippen molar-refractivity contribution in [3.8, 4) is 0 Å². The molecular formula is C10H11FNO2. The fraction of sp³-hybridized carbons (Fsp3) is 0.200.